The van der Waals surface area contributed by atoms with E-state index in [9.17, 15) is 23.7 Å². The van der Waals surface area contributed by atoms with Gasteiger partial charge in [-0.15, -0.1) is 5.10 Å². The Morgan fingerprint density at radius 3 is 2.39 bits per heavy atom. The lowest BCUT2D eigenvalue weighted by molar-refractivity contribution is -0.182. The second-order valence-electron chi connectivity index (χ2n) is 12.6. The second kappa shape index (κ2) is 11.1. The van der Waals surface area contributed by atoms with Crippen molar-refractivity contribution in [2.24, 2.45) is 5.41 Å². The van der Waals surface area contributed by atoms with Crippen molar-refractivity contribution in [3.05, 3.63) is 83.1 Å². The molecule has 5 aromatic rings. The first-order chi connectivity index (χ1) is 21.8. The fraction of sp³-hybridized carbons (Fsp3) is 0.344. The van der Waals surface area contributed by atoms with Crippen molar-refractivity contribution in [3.8, 4) is 17.8 Å². The molecule has 0 bridgehead atoms. The molecule has 2 aromatic carbocycles. The van der Waals surface area contributed by atoms with Crippen molar-refractivity contribution < 1.29 is 13.2 Å². The van der Waals surface area contributed by atoms with Gasteiger partial charge in [-0.1, -0.05) is 38.1 Å². The molecule has 46 heavy (non-hydrogen) atoms. The van der Waals surface area contributed by atoms with E-state index in [1.165, 1.54) is 17.2 Å². The van der Waals surface area contributed by atoms with E-state index in [-0.39, 0.29) is 29.5 Å². The zero-order valence-electron chi connectivity index (χ0n) is 25.6. The lowest BCUT2D eigenvalue weighted by Crippen LogP contribution is -2.35. The Labute approximate surface area is 262 Å². The van der Waals surface area contributed by atoms with Crippen molar-refractivity contribution in [2.75, 3.05) is 17.2 Å². The molecule has 0 unspecified atom stereocenters. The normalized spacial score (nSPS) is 14.8. The maximum absolute atomic E-state index is 14.0. The minimum Gasteiger partial charge on any atom is -0.383 e. The number of pyridine rings is 1. The molecule has 1 saturated carbocycles. The fourth-order valence-corrected chi connectivity index (χ4v) is 5.47. The average molecular weight is 626 g/mol. The molecular formula is C32H30F3N11. The smallest absolute Gasteiger partial charge is 0.383 e. The van der Waals surface area contributed by atoms with E-state index in [0.29, 0.717) is 45.6 Å². The first kappa shape index (κ1) is 30.5. The van der Waals surface area contributed by atoms with Gasteiger partial charge >= 0.3 is 6.18 Å². The highest BCUT2D eigenvalue weighted by Gasteiger charge is 2.66. The minimum atomic E-state index is -4.48. The number of hydrogen-bond acceptors (Lipinski definition) is 9. The number of halogens is 3. The van der Waals surface area contributed by atoms with E-state index in [4.69, 9.17) is 0 Å². The third-order valence-corrected chi connectivity index (χ3v) is 8.11. The number of aromatic nitrogens is 7. The van der Waals surface area contributed by atoms with Crippen LogP contribution in [0.1, 0.15) is 67.6 Å². The van der Waals surface area contributed by atoms with Crippen LogP contribution in [0.15, 0.2) is 55.1 Å². The third-order valence-electron chi connectivity index (χ3n) is 8.11. The molecule has 2 N–H and O–H groups in total. The van der Waals surface area contributed by atoms with E-state index in [0.717, 1.165) is 10.2 Å². The summed E-state index contributed by atoms with van der Waals surface area (Å²) >= 11 is 0. The van der Waals surface area contributed by atoms with Crippen LogP contribution in [0.25, 0.3) is 16.6 Å². The van der Waals surface area contributed by atoms with Gasteiger partial charge in [-0.2, -0.15) is 38.7 Å². The molecule has 0 spiro atoms. The van der Waals surface area contributed by atoms with Crippen molar-refractivity contribution in [2.45, 2.75) is 58.3 Å². The van der Waals surface area contributed by atoms with Gasteiger partial charge in [0, 0.05) is 23.8 Å². The van der Waals surface area contributed by atoms with Crippen molar-refractivity contribution in [1.82, 2.24) is 35.0 Å². The molecule has 0 aliphatic heterocycles. The maximum atomic E-state index is 14.0. The Balaban J connectivity index is 1.50. The van der Waals surface area contributed by atoms with Gasteiger partial charge in [0.15, 0.2) is 5.54 Å². The van der Waals surface area contributed by atoms with Crippen molar-refractivity contribution >= 4 is 22.3 Å². The number of alkyl halides is 3. The van der Waals surface area contributed by atoms with E-state index in [1.54, 1.807) is 30.6 Å². The number of nitrogens with one attached hydrogen (secondary N) is 2. The summed E-state index contributed by atoms with van der Waals surface area (Å²) < 4.78 is 43.0. The topological polar surface area (TPSA) is 146 Å². The standard InChI is InChI=1S/C32H30F3N11/c1-19-23(6-5-7-26(19)46-40-10-11-41-46)29(25-17-45(44-43-25)31(8-9-31)32(33,34)35)42-22-12-20(14-36)27-24(13-22)28(21(15-37)16-38-27)39-18-30(2,3)4/h5-7,10-13,16-17,29,42H,8-9,18H2,1-4H3,(H,38,39)/t29-/m0/s1. The van der Waals surface area contributed by atoms with Gasteiger partial charge in [0.25, 0.3) is 0 Å². The monoisotopic (exact) mass is 625 g/mol. The van der Waals surface area contributed by atoms with Gasteiger partial charge in [0.2, 0.25) is 0 Å². The van der Waals surface area contributed by atoms with Crippen LogP contribution < -0.4 is 10.6 Å². The summed E-state index contributed by atoms with van der Waals surface area (Å²) in [6, 6.07) is 12.5. The summed E-state index contributed by atoms with van der Waals surface area (Å²) in [4.78, 5) is 5.88. The summed E-state index contributed by atoms with van der Waals surface area (Å²) in [6.07, 6.45) is 1.23. The number of fused-ring (bicyclic) bond motifs is 1. The predicted octanol–water partition coefficient (Wildman–Crippen LogP) is 6.17. The number of benzene rings is 2. The van der Waals surface area contributed by atoms with E-state index in [1.807, 2.05) is 19.1 Å². The highest BCUT2D eigenvalue weighted by Crippen LogP contribution is 2.55. The maximum Gasteiger partial charge on any atom is 0.413 e. The molecule has 0 amide bonds. The number of nitrogens with zero attached hydrogens (tertiary/aromatic N) is 9. The van der Waals surface area contributed by atoms with Crippen LogP contribution in [0.5, 0.6) is 0 Å². The van der Waals surface area contributed by atoms with E-state index < -0.39 is 17.8 Å². The van der Waals surface area contributed by atoms with Gasteiger partial charge < -0.3 is 10.6 Å². The lowest BCUT2D eigenvalue weighted by atomic mass is 9.95. The average Bonchev–Trinajstić information content (AvgIpc) is 3.41. The molecule has 1 aliphatic rings. The van der Waals surface area contributed by atoms with Crippen LogP contribution >= 0.6 is 0 Å². The fourth-order valence-electron chi connectivity index (χ4n) is 5.47. The summed E-state index contributed by atoms with van der Waals surface area (Å²) in [5.41, 5.74) is 2.15. The van der Waals surface area contributed by atoms with Crippen LogP contribution in [0.3, 0.4) is 0 Å². The van der Waals surface area contributed by atoms with Gasteiger partial charge in [-0.05, 0) is 54.5 Å². The molecule has 1 atom stereocenters. The quantitative estimate of drug-likeness (QED) is 0.207. The van der Waals surface area contributed by atoms with Gasteiger partial charge in [-0.25, -0.2) is 4.68 Å². The van der Waals surface area contributed by atoms with E-state index in [2.05, 4.69) is 69.0 Å². The minimum absolute atomic E-state index is 0.0777. The molecule has 11 nitrogen and oxygen atoms in total. The number of rotatable bonds is 8. The lowest BCUT2D eigenvalue weighted by Gasteiger charge is -2.23. The number of hydrogen-bond donors (Lipinski definition) is 2. The molecule has 0 radical (unpaired) electrons. The van der Waals surface area contributed by atoms with Crippen LogP contribution in [-0.4, -0.2) is 47.7 Å². The Hall–Kier alpha value is -5.50. The molecule has 14 heteroatoms. The van der Waals surface area contributed by atoms with Crippen molar-refractivity contribution in [1.29, 1.82) is 10.5 Å². The largest absolute Gasteiger partial charge is 0.413 e. The highest BCUT2D eigenvalue weighted by molar-refractivity contribution is 5.99. The molecule has 6 rings (SSSR count). The Morgan fingerprint density at radius 2 is 1.76 bits per heavy atom. The zero-order chi connectivity index (χ0) is 32.9. The number of nitriles is 2. The van der Waals surface area contributed by atoms with Crippen LogP contribution in [0.4, 0.5) is 24.5 Å². The molecule has 1 aliphatic carbocycles. The first-order valence-corrected chi connectivity index (χ1v) is 14.6. The first-order valence-electron chi connectivity index (χ1n) is 14.6. The van der Waals surface area contributed by atoms with Crippen molar-refractivity contribution in [3.63, 3.8) is 0 Å². The third kappa shape index (κ3) is 5.47. The van der Waals surface area contributed by atoms with Crippen LogP contribution in [0.2, 0.25) is 0 Å². The number of anilines is 2. The Morgan fingerprint density at radius 1 is 1.04 bits per heavy atom. The van der Waals surface area contributed by atoms with Crippen LogP contribution in [0, 0.1) is 35.0 Å². The molecule has 3 aromatic heterocycles. The molecule has 3 heterocycles. The Bertz CT molecular complexity index is 2000. The van der Waals surface area contributed by atoms with Gasteiger partial charge in [0.05, 0.1) is 52.7 Å². The Kier molecular flexibility index (Phi) is 7.39. The molecule has 0 saturated heterocycles. The van der Waals surface area contributed by atoms with Crippen LogP contribution in [-0.2, 0) is 5.54 Å². The van der Waals surface area contributed by atoms with E-state index >= 15 is 0 Å². The molecule has 1 fully saturated rings. The second-order valence-corrected chi connectivity index (χ2v) is 12.6. The predicted molar refractivity (Wildman–Crippen MR) is 164 cm³/mol. The zero-order valence-corrected chi connectivity index (χ0v) is 25.6. The summed E-state index contributed by atoms with van der Waals surface area (Å²) in [5, 5.41) is 44.0. The highest BCUT2D eigenvalue weighted by atomic mass is 19.4. The molecular weight excluding hydrogens is 595 g/mol. The molecule has 234 valence electrons. The summed E-state index contributed by atoms with van der Waals surface area (Å²) in [6.45, 7) is 8.58. The summed E-state index contributed by atoms with van der Waals surface area (Å²) in [5.74, 6) is 0. The summed E-state index contributed by atoms with van der Waals surface area (Å²) in [7, 11) is 0. The van der Waals surface area contributed by atoms with Gasteiger partial charge in [0.1, 0.15) is 17.8 Å². The van der Waals surface area contributed by atoms with Gasteiger partial charge in [-0.3, -0.25) is 4.98 Å². The SMILES string of the molecule is Cc1c([C@H](Nc2cc(C#N)c3ncc(C#N)c(NCC(C)(C)C)c3c2)c2cn(C3(C(F)(F)F)CC3)nn2)cccc1-n1nccn1.